The predicted octanol–water partition coefficient (Wildman–Crippen LogP) is 2.03. The number of hydrogen-bond acceptors (Lipinski definition) is 2. The van der Waals surface area contributed by atoms with Crippen LogP contribution in [0.4, 0.5) is 5.69 Å². The third-order valence-corrected chi connectivity index (χ3v) is 2.37. The number of nitrogens with zero attached hydrogens (tertiary/aromatic N) is 1. The summed E-state index contributed by atoms with van der Waals surface area (Å²) in [5.74, 6) is 0. The Morgan fingerprint density at radius 1 is 1.07 bits per heavy atom. The van der Waals surface area contributed by atoms with Crippen molar-refractivity contribution in [2.75, 3.05) is 25.5 Å². The van der Waals surface area contributed by atoms with Gasteiger partial charge in [-0.3, -0.25) is 0 Å². The first-order valence-electron chi connectivity index (χ1n) is 5.20. The van der Waals surface area contributed by atoms with Crippen LogP contribution in [0.2, 0.25) is 0 Å². The Morgan fingerprint density at radius 2 is 1.71 bits per heavy atom. The summed E-state index contributed by atoms with van der Waals surface area (Å²) in [5.41, 5.74) is 8.11. The largest absolute Gasteiger partial charge is 0.378 e. The average Bonchev–Trinajstić information content (AvgIpc) is 2.19. The molecule has 0 bridgehead atoms. The fourth-order valence-electron chi connectivity index (χ4n) is 1.43. The van der Waals surface area contributed by atoms with Crippen LogP contribution < -0.4 is 10.6 Å². The highest BCUT2D eigenvalue weighted by atomic mass is 15.1. The van der Waals surface area contributed by atoms with Crippen LogP contribution in [0.15, 0.2) is 24.3 Å². The lowest BCUT2D eigenvalue weighted by Crippen LogP contribution is -2.08. The van der Waals surface area contributed by atoms with Crippen molar-refractivity contribution >= 4 is 5.69 Å². The van der Waals surface area contributed by atoms with Gasteiger partial charge in [-0.15, -0.1) is 0 Å². The van der Waals surface area contributed by atoms with Gasteiger partial charge in [0.25, 0.3) is 0 Å². The maximum Gasteiger partial charge on any atom is 0.0361 e. The second-order valence-electron chi connectivity index (χ2n) is 3.81. The summed E-state index contributed by atoms with van der Waals surface area (Å²) in [4.78, 5) is 2.11. The smallest absolute Gasteiger partial charge is 0.0361 e. The minimum absolute atomic E-state index is 0.801. The van der Waals surface area contributed by atoms with Gasteiger partial charge in [-0.1, -0.05) is 12.1 Å². The van der Waals surface area contributed by atoms with Gasteiger partial charge in [0.05, 0.1) is 0 Å². The van der Waals surface area contributed by atoms with Crippen molar-refractivity contribution in [3.8, 4) is 0 Å². The molecule has 0 unspecified atom stereocenters. The Balaban J connectivity index is 2.47. The van der Waals surface area contributed by atoms with Gasteiger partial charge in [0.2, 0.25) is 0 Å². The number of hydrogen-bond donors (Lipinski definition) is 1. The van der Waals surface area contributed by atoms with Gasteiger partial charge in [0.15, 0.2) is 0 Å². The van der Waals surface area contributed by atoms with Gasteiger partial charge in [0.1, 0.15) is 0 Å². The van der Waals surface area contributed by atoms with Crippen molar-refractivity contribution in [2.45, 2.75) is 19.3 Å². The van der Waals surface area contributed by atoms with E-state index in [1.807, 2.05) is 0 Å². The summed E-state index contributed by atoms with van der Waals surface area (Å²) in [6.07, 6.45) is 3.46. The Morgan fingerprint density at radius 3 is 2.21 bits per heavy atom. The molecule has 0 aromatic heterocycles. The summed E-state index contributed by atoms with van der Waals surface area (Å²) in [7, 11) is 4.12. The lowest BCUT2D eigenvalue weighted by molar-refractivity contribution is 0.745. The third-order valence-electron chi connectivity index (χ3n) is 2.37. The van der Waals surface area contributed by atoms with E-state index in [4.69, 9.17) is 5.73 Å². The fourth-order valence-corrected chi connectivity index (χ4v) is 1.43. The molecule has 1 aromatic rings. The first-order chi connectivity index (χ1) is 6.74. The van der Waals surface area contributed by atoms with E-state index >= 15 is 0 Å². The minimum atomic E-state index is 0.801. The second-order valence-corrected chi connectivity index (χ2v) is 3.81. The van der Waals surface area contributed by atoms with Crippen molar-refractivity contribution in [1.29, 1.82) is 0 Å². The van der Waals surface area contributed by atoms with Crippen LogP contribution in [-0.2, 0) is 6.42 Å². The molecule has 0 aliphatic rings. The molecule has 0 aliphatic heterocycles. The van der Waals surface area contributed by atoms with E-state index in [2.05, 4.69) is 43.3 Å². The maximum atomic E-state index is 5.45. The van der Waals surface area contributed by atoms with Gasteiger partial charge < -0.3 is 10.6 Å². The molecule has 0 fully saturated rings. The van der Waals surface area contributed by atoms with Crippen molar-refractivity contribution in [1.82, 2.24) is 0 Å². The van der Waals surface area contributed by atoms with E-state index in [1.54, 1.807) is 0 Å². The van der Waals surface area contributed by atoms with Crippen molar-refractivity contribution in [3.05, 3.63) is 29.8 Å². The van der Waals surface area contributed by atoms with Gasteiger partial charge >= 0.3 is 0 Å². The molecule has 14 heavy (non-hydrogen) atoms. The van der Waals surface area contributed by atoms with Crippen LogP contribution in [0.25, 0.3) is 0 Å². The van der Waals surface area contributed by atoms with E-state index in [0.717, 1.165) is 19.4 Å². The van der Waals surface area contributed by atoms with E-state index in [0.29, 0.717) is 0 Å². The molecule has 2 N–H and O–H groups in total. The molecule has 2 heteroatoms. The molecule has 0 amide bonds. The van der Waals surface area contributed by atoms with E-state index in [1.165, 1.54) is 17.7 Å². The van der Waals surface area contributed by atoms with Crippen molar-refractivity contribution in [3.63, 3.8) is 0 Å². The average molecular weight is 192 g/mol. The first-order valence-corrected chi connectivity index (χ1v) is 5.20. The molecule has 78 valence electrons. The van der Waals surface area contributed by atoms with Gasteiger partial charge in [0, 0.05) is 19.8 Å². The highest BCUT2D eigenvalue weighted by Gasteiger charge is 1.95. The molecular formula is C12H20N2. The Labute approximate surface area is 86.7 Å². The number of unbranched alkanes of at least 4 members (excludes halogenated alkanes) is 1. The summed E-state index contributed by atoms with van der Waals surface area (Å²) < 4.78 is 0. The third kappa shape index (κ3) is 3.38. The number of nitrogens with two attached hydrogens (primary N) is 1. The summed E-state index contributed by atoms with van der Waals surface area (Å²) in [5, 5.41) is 0. The molecule has 0 atom stereocenters. The number of benzene rings is 1. The molecule has 1 rings (SSSR count). The molecule has 0 radical (unpaired) electrons. The predicted molar refractivity (Wildman–Crippen MR) is 62.8 cm³/mol. The minimum Gasteiger partial charge on any atom is -0.378 e. The standard InChI is InChI=1S/C12H20N2/c1-14(2)12-8-6-11(7-9-12)5-3-4-10-13/h6-9H,3-5,10,13H2,1-2H3. The summed E-state index contributed by atoms with van der Waals surface area (Å²) >= 11 is 0. The number of aryl methyl sites for hydroxylation is 1. The Bertz CT molecular complexity index is 252. The lowest BCUT2D eigenvalue weighted by atomic mass is 10.1. The van der Waals surface area contributed by atoms with Crippen LogP contribution in [0.1, 0.15) is 18.4 Å². The zero-order valence-electron chi connectivity index (χ0n) is 9.16. The highest BCUT2D eigenvalue weighted by molar-refractivity contribution is 5.45. The SMILES string of the molecule is CN(C)c1ccc(CCCCN)cc1. The summed E-state index contributed by atoms with van der Waals surface area (Å²) in [6, 6.07) is 8.73. The van der Waals surface area contributed by atoms with Crippen molar-refractivity contribution < 1.29 is 0 Å². The number of anilines is 1. The quantitative estimate of drug-likeness (QED) is 0.723. The van der Waals surface area contributed by atoms with Crippen LogP contribution in [0.3, 0.4) is 0 Å². The number of rotatable bonds is 5. The fraction of sp³-hybridized carbons (Fsp3) is 0.500. The molecule has 0 saturated heterocycles. The monoisotopic (exact) mass is 192 g/mol. The molecule has 1 aromatic carbocycles. The van der Waals surface area contributed by atoms with Crippen LogP contribution in [0.5, 0.6) is 0 Å². The second kappa shape index (κ2) is 5.66. The molecular weight excluding hydrogens is 172 g/mol. The molecule has 0 saturated carbocycles. The van der Waals surface area contributed by atoms with E-state index < -0.39 is 0 Å². The topological polar surface area (TPSA) is 29.3 Å². The van der Waals surface area contributed by atoms with E-state index in [9.17, 15) is 0 Å². The highest BCUT2D eigenvalue weighted by Crippen LogP contribution is 2.13. The van der Waals surface area contributed by atoms with Crippen molar-refractivity contribution in [2.24, 2.45) is 5.73 Å². The molecule has 0 aliphatic carbocycles. The molecule has 0 heterocycles. The normalized spacial score (nSPS) is 10.2. The summed E-state index contributed by atoms with van der Waals surface area (Å²) in [6.45, 7) is 0.801. The maximum absolute atomic E-state index is 5.45. The zero-order chi connectivity index (χ0) is 10.4. The molecule has 2 nitrogen and oxygen atoms in total. The first kappa shape index (κ1) is 11.1. The Hall–Kier alpha value is -1.02. The van der Waals surface area contributed by atoms with E-state index in [-0.39, 0.29) is 0 Å². The lowest BCUT2D eigenvalue weighted by Gasteiger charge is -2.12. The van der Waals surface area contributed by atoms with Gasteiger partial charge in [-0.2, -0.15) is 0 Å². The Kier molecular flexibility index (Phi) is 4.47. The molecule has 0 spiro atoms. The van der Waals surface area contributed by atoms with Gasteiger partial charge in [-0.05, 0) is 43.5 Å². The van der Waals surface area contributed by atoms with Crippen LogP contribution in [0, 0.1) is 0 Å². The van der Waals surface area contributed by atoms with Gasteiger partial charge in [-0.25, -0.2) is 0 Å². The van der Waals surface area contributed by atoms with Crippen LogP contribution in [-0.4, -0.2) is 20.6 Å². The van der Waals surface area contributed by atoms with Crippen LogP contribution >= 0.6 is 0 Å². The zero-order valence-corrected chi connectivity index (χ0v) is 9.16.